The van der Waals surface area contributed by atoms with Gasteiger partial charge in [0.05, 0.1) is 12.8 Å². The number of aryl methyl sites for hydroxylation is 1. The van der Waals surface area contributed by atoms with Gasteiger partial charge in [-0.25, -0.2) is 4.99 Å². The molecule has 0 N–H and O–H groups in total. The van der Waals surface area contributed by atoms with E-state index in [0.29, 0.717) is 11.6 Å². The smallest absolute Gasteiger partial charge is 0.220 e. The first kappa shape index (κ1) is 13.1. The number of hydrogen-bond donors (Lipinski definition) is 0. The topological polar surface area (TPSA) is 21.6 Å². The first-order valence-electron chi connectivity index (χ1n) is 6.15. The molecule has 19 heavy (non-hydrogen) atoms. The van der Waals surface area contributed by atoms with E-state index in [-0.39, 0.29) is 0 Å². The molecule has 2 aromatic rings. The summed E-state index contributed by atoms with van der Waals surface area (Å²) in [6.45, 7) is 6.04. The molecule has 0 saturated carbocycles. The van der Waals surface area contributed by atoms with Gasteiger partial charge in [-0.1, -0.05) is 54.6 Å². The normalized spacial score (nSPS) is 11.2. The highest BCUT2D eigenvalue weighted by Crippen LogP contribution is 2.15. The first-order chi connectivity index (χ1) is 9.20. The maximum absolute atomic E-state index is 5.36. The molecule has 0 saturated heterocycles. The lowest BCUT2D eigenvalue weighted by atomic mass is 10.1. The predicted octanol–water partition coefficient (Wildman–Crippen LogP) is 4.06. The van der Waals surface area contributed by atoms with E-state index in [1.54, 1.807) is 7.11 Å². The molecular weight excluding hydrogens is 234 g/mol. The molecule has 0 aliphatic carbocycles. The summed E-state index contributed by atoms with van der Waals surface area (Å²) in [5.41, 5.74) is 3.84. The fourth-order valence-electron chi connectivity index (χ4n) is 1.74. The lowest BCUT2D eigenvalue weighted by Crippen LogP contribution is -2.03. The second-order valence-corrected chi connectivity index (χ2v) is 4.30. The number of aliphatic imine (C=N–C) groups is 1. The molecule has 0 amide bonds. The first-order valence-corrected chi connectivity index (χ1v) is 6.15. The van der Waals surface area contributed by atoms with Gasteiger partial charge in [0.15, 0.2) is 0 Å². The van der Waals surface area contributed by atoms with Gasteiger partial charge < -0.3 is 4.74 Å². The molecule has 2 aromatic carbocycles. The molecule has 2 heteroatoms. The minimum absolute atomic E-state index is 0.578. The van der Waals surface area contributed by atoms with Crippen molar-refractivity contribution in [3.05, 3.63) is 77.9 Å². The van der Waals surface area contributed by atoms with Gasteiger partial charge in [-0.3, -0.25) is 0 Å². The standard InChI is InChI=1S/C17H17NO/c1-13-9-11-16(12-10-13)17(19-3)18-14(2)15-7-5-4-6-8-15/h4-12H,2H2,1,3H3. The number of nitrogens with zero attached hydrogens (tertiary/aromatic N) is 1. The number of rotatable bonds is 3. The van der Waals surface area contributed by atoms with Crippen LogP contribution in [0.4, 0.5) is 0 Å². The highest BCUT2D eigenvalue weighted by atomic mass is 16.5. The van der Waals surface area contributed by atoms with Crippen LogP contribution >= 0.6 is 0 Å². The quantitative estimate of drug-likeness (QED) is 0.595. The molecule has 0 unspecified atom stereocenters. The highest BCUT2D eigenvalue weighted by Gasteiger charge is 2.04. The summed E-state index contributed by atoms with van der Waals surface area (Å²) in [5.74, 6) is 0.578. The number of benzene rings is 2. The maximum atomic E-state index is 5.36. The summed E-state index contributed by atoms with van der Waals surface area (Å²) in [6.07, 6.45) is 0. The maximum Gasteiger partial charge on any atom is 0.220 e. The van der Waals surface area contributed by atoms with Gasteiger partial charge in [0, 0.05) is 5.56 Å². The summed E-state index contributed by atoms with van der Waals surface area (Å²) < 4.78 is 5.36. The monoisotopic (exact) mass is 251 g/mol. The van der Waals surface area contributed by atoms with Crippen LogP contribution in [0.1, 0.15) is 16.7 Å². The van der Waals surface area contributed by atoms with Crippen molar-refractivity contribution in [2.24, 2.45) is 4.99 Å². The van der Waals surface area contributed by atoms with Crippen LogP contribution in [0.25, 0.3) is 5.70 Å². The van der Waals surface area contributed by atoms with Crippen molar-refractivity contribution in [1.29, 1.82) is 0 Å². The average molecular weight is 251 g/mol. The fraction of sp³-hybridized carbons (Fsp3) is 0.118. The Morgan fingerprint density at radius 1 is 0.947 bits per heavy atom. The lowest BCUT2D eigenvalue weighted by Gasteiger charge is -2.07. The third kappa shape index (κ3) is 3.32. The van der Waals surface area contributed by atoms with Crippen LogP contribution in [0, 0.1) is 6.92 Å². The van der Waals surface area contributed by atoms with Gasteiger partial charge >= 0.3 is 0 Å². The molecule has 2 nitrogen and oxygen atoms in total. The Morgan fingerprint density at radius 2 is 1.58 bits per heavy atom. The molecule has 0 radical (unpaired) electrons. The molecule has 2 rings (SSSR count). The summed E-state index contributed by atoms with van der Waals surface area (Å²) in [6, 6.07) is 17.9. The zero-order chi connectivity index (χ0) is 13.7. The second-order valence-electron chi connectivity index (χ2n) is 4.30. The van der Waals surface area contributed by atoms with Crippen molar-refractivity contribution in [1.82, 2.24) is 0 Å². The number of ether oxygens (including phenoxy) is 1. The van der Waals surface area contributed by atoms with E-state index in [4.69, 9.17) is 4.74 Å². The Bertz CT molecular complexity index is 582. The Balaban J connectivity index is 2.29. The Labute approximate surface area is 114 Å². The molecule has 96 valence electrons. The van der Waals surface area contributed by atoms with Crippen LogP contribution < -0.4 is 0 Å². The molecule has 0 bridgehead atoms. The molecule has 0 spiro atoms. The van der Waals surface area contributed by atoms with Crippen molar-refractivity contribution >= 4 is 11.6 Å². The minimum atomic E-state index is 0.578. The fourth-order valence-corrected chi connectivity index (χ4v) is 1.74. The molecule has 0 heterocycles. The third-order valence-corrected chi connectivity index (χ3v) is 2.84. The van der Waals surface area contributed by atoms with E-state index >= 15 is 0 Å². The minimum Gasteiger partial charge on any atom is -0.481 e. The van der Waals surface area contributed by atoms with E-state index in [1.807, 2.05) is 54.6 Å². The van der Waals surface area contributed by atoms with Gasteiger partial charge in [-0.05, 0) is 24.6 Å². The van der Waals surface area contributed by atoms with E-state index in [1.165, 1.54) is 5.56 Å². The highest BCUT2D eigenvalue weighted by molar-refractivity contribution is 5.97. The van der Waals surface area contributed by atoms with Crippen LogP contribution in [0.15, 0.2) is 66.2 Å². The Kier molecular flexibility index (Phi) is 4.14. The lowest BCUT2D eigenvalue weighted by molar-refractivity contribution is 0.405. The van der Waals surface area contributed by atoms with Crippen molar-refractivity contribution < 1.29 is 4.74 Å². The van der Waals surface area contributed by atoms with E-state index in [9.17, 15) is 0 Å². The van der Waals surface area contributed by atoms with E-state index in [2.05, 4.69) is 18.5 Å². The van der Waals surface area contributed by atoms with Gasteiger partial charge in [-0.2, -0.15) is 0 Å². The van der Waals surface area contributed by atoms with Gasteiger partial charge in [-0.15, -0.1) is 0 Å². The van der Waals surface area contributed by atoms with E-state index < -0.39 is 0 Å². The van der Waals surface area contributed by atoms with Crippen LogP contribution in [-0.2, 0) is 4.74 Å². The van der Waals surface area contributed by atoms with Crippen molar-refractivity contribution in [2.45, 2.75) is 6.92 Å². The predicted molar refractivity (Wildman–Crippen MR) is 80.2 cm³/mol. The Hall–Kier alpha value is -2.35. The molecule has 0 fully saturated rings. The SMILES string of the molecule is C=C(N=C(OC)c1ccc(C)cc1)c1ccccc1. The second kappa shape index (κ2) is 6.01. The van der Waals surface area contributed by atoms with Gasteiger partial charge in [0.25, 0.3) is 0 Å². The van der Waals surface area contributed by atoms with Crippen molar-refractivity contribution in [3.8, 4) is 0 Å². The summed E-state index contributed by atoms with van der Waals surface area (Å²) in [4.78, 5) is 4.47. The third-order valence-electron chi connectivity index (χ3n) is 2.84. The molecule has 0 aliphatic rings. The zero-order valence-electron chi connectivity index (χ0n) is 11.3. The molecule has 0 atom stereocenters. The van der Waals surface area contributed by atoms with Gasteiger partial charge in [0.1, 0.15) is 0 Å². The van der Waals surface area contributed by atoms with Crippen LogP contribution in [-0.4, -0.2) is 13.0 Å². The molecule has 0 aromatic heterocycles. The largest absolute Gasteiger partial charge is 0.481 e. The summed E-state index contributed by atoms with van der Waals surface area (Å²) >= 11 is 0. The zero-order valence-corrected chi connectivity index (χ0v) is 11.3. The van der Waals surface area contributed by atoms with Crippen molar-refractivity contribution in [3.63, 3.8) is 0 Å². The average Bonchev–Trinajstić information content (AvgIpc) is 2.46. The van der Waals surface area contributed by atoms with Gasteiger partial charge in [0.2, 0.25) is 5.90 Å². The van der Waals surface area contributed by atoms with E-state index in [0.717, 1.165) is 11.1 Å². The van der Waals surface area contributed by atoms with Crippen LogP contribution in [0.5, 0.6) is 0 Å². The number of hydrogen-bond acceptors (Lipinski definition) is 2. The van der Waals surface area contributed by atoms with Crippen LogP contribution in [0.3, 0.4) is 0 Å². The van der Waals surface area contributed by atoms with Crippen LogP contribution in [0.2, 0.25) is 0 Å². The number of methoxy groups -OCH3 is 1. The molecule has 0 aliphatic heterocycles. The van der Waals surface area contributed by atoms with Crippen molar-refractivity contribution in [2.75, 3.05) is 7.11 Å². The Morgan fingerprint density at radius 3 is 2.16 bits per heavy atom. The summed E-state index contributed by atoms with van der Waals surface area (Å²) in [7, 11) is 1.62. The summed E-state index contributed by atoms with van der Waals surface area (Å²) in [5, 5.41) is 0. The molecular formula is C17H17NO.